The minimum absolute atomic E-state index is 0.00759. The van der Waals surface area contributed by atoms with Crippen LogP contribution in [0.5, 0.6) is 0 Å². The highest BCUT2D eigenvalue weighted by Crippen LogP contribution is 2.23. The zero-order chi connectivity index (χ0) is 17.0. The van der Waals surface area contributed by atoms with Gasteiger partial charge >= 0.3 is 0 Å². The molecule has 1 aromatic rings. The first-order valence-electron chi connectivity index (χ1n) is 7.59. The molecule has 1 aliphatic heterocycles. The van der Waals surface area contributed by atoms with Crippen LogP contribution in [0.1, 0.15) is 19.4 Å². The van der Waals surface area contributed by atoms with Crippen molar-refractivity contribution in [2.45, 2.75) is 13.8 Å². The van der Waals surface area contributed by atoms with E-state index in [0.29, 0.717) is 36.2 Å². The van der Waals surface area contributed by atoms with Crippen LogP contribution in [-0.4, -0.2) is 47.8 Å². The Bertz CT molecular complexity index is 621. The summed E-state index contributed by atoms with van der Waals surface area (Å²) in [5, 5.41) is 0.947. The van der Waals surface area contributed by atoms with Gasteiger partial charge in [-0.25, -0.2) is 0 Å². The Balaban J connectivity index is 1.91. The first-order valence-corrected chi connectivity index (χ1v) is 8.35. The average molecular weight is 355 g/mol. The van der Waals surface area contributed by atoms with Gasteiger partial charge in [0.2, 0.25) is 11.8 Å². The van der Waals surface area contributed by atoms with Gasteiger partial charge in [0, 0.05) is 38.2 Å². The van der Waals surface area contributed by atoms with Crippen LogP contribution in [0.4, 0.5) is 0 Å². The molecule has 0 unspecified atom stereocenters. The van der Waals surface area contributed by atoms with Crippen LogP contribution in [0.3, 0.4) is 0 Å². The lowest BCUT2D eigenvalue weighted by Gasteiger charge is -2.35. The van der Waals surface area contributed by atoms with Gasteiger partial charge in [0.25, 0.3) is 0 Å². The third-order valence-corrected chi connectivity index (χ3v) is 4.50. The summed E-state index contributed by atoms with van der Waals surface area (Å²) in [4.78, 5) is 27.7. The Hall–Kier alpha value is -1.52. The van der Waals surface area contributed by atoms with Crippen LogP contribution in [0.25, 0.3) is 6.08 Å². The Labute approximate surface area is 146 Å². The highest BCUT2D eigenvalue weighted by atomic mass is 35.5. The smallest absolute Gasteiger partial charge is 0.246 e. The van der Waals surface area contributed by atoms with Gasteiger partial charge in [-0.3, -0.25) is 9.59 Å². The number of benzene rings is 1. The molecule has 0 saturated carbocycles. The van der Waals surface area contributed by atoms with E-state index in [1.165, 1.54) is 6.08 Å². The summed E-state index contributed by atoms with van der Waals surface area (Å²) in [7, 11) is 0. The van der Waals surface area contributed by atoms with Gasteiger partial charge in [0.15, 0.2) is 0 Å². The summed E-state index contributed by atoms with van der Waals surface area (Å²) >= 11 is 11.8. The summed E-state index contributed by atoms with van der Waals surface area (Å²) in [6, 6.07) is 5.22. The quantitative estimate of drug-likeness (QED) is 0.781. The van der Waals surface area contributed by atoms with Crippen molar-refractivity contribution in [1.82, 2.24) is 9.80 Å². The van der Waals surface area contributed by atoms with Crippen LogP contribution < -0.4 is 0 Å². The molecule has 1 heterocycles. The summed E-state index contributed by atoms with van der Waals surface area (Å²) in [5.74, 6) is 0.0722. The maximum atomic E-state index is 12.2. The van der Waals surface area contributed by atoms with E-state index in [2.05, 4.69) is 0 Å². The molecule has 0 radical (unpaired) electrons. The van der Waals surface area contributed by atoms with E-state index in [0.717, 1.165) is 5.56 Å². The van der Waals surface area contributed by atoms with E-state index >= 15 is 0 Å². The topological polar surface area (TPSA) is 40.6 Å². The van der Waals surface area contributed by atoms with Crippen LogP contribution in [-0.2, 0) is 9.59 Å². The van der Waals surface area contributed by atoms with Gasteiger partial charge in [0.05, 0.1) is 10.0 Å². The molecule has 124 valence electrons. The first kappa shape index (κ1) is 17.8. The number of nitrogens with zero attached hydrogens (tertiary/aromatic N) is 2. The molecule has 0 aliphatic carbocycles. The number of carbonyl (C=O) groups is 2. The number of hydrogen-bond acceptors (Lipinski definition) is 2. The molecular weight excluding hydrogens is 335 g/mol. The van der Waals surface area contributed by atoms with Crippen molar-refractivity contribution >= 4 is 41.1 Å². The fraction of sp³-hybridized carbons (Fsp3) is 0.412. The second-order valence-corrected chi connectivity index (χ2v) is 6.63. The van der Waals surface area contributed by atoms with Crippen LogP contribution in [0.2, 0.25) is 10.0 Å². The first-order chi connectivity index (χ1) is 10.9. The molecule has 0 atom stereocenters. The van der Waals surface area contributed by atoms with E-state index in [-0.39, 0.29) is 17.7 Å². The van der Waals surface area contributed by atoms with Crippen molar-refractivity contribution in [2.24, 2.45) is 5.92 Å². The number of carbonyl (C=O) groups excluding carboxylic acids is 2. The molecule has 6 heteroatoms. The maximum Gasteiger partial charge on any atom is 0.246 e. The molecule has 4 nitrogen and oxygen atoms in total. The zero-order valence-corrected chi connectivity index (χ0v) is 14.8. The molecule has 1 fully saturated rings. The molecule has 0 bridgehead atoms. The predicted octanol–water partition coefficient (Wildman–Crippen LogP) is 3.33. The maximum absolute atomic E-state index is 12.2. The molecule has 1 aliphatic rings. The highest BCUT2D eigenvalue weighted by molar-refractivity contribution is 6.42. The monoisotopic (exact) mass is 354 g/mol. The van der Waals surface area contributed by atoms with Gasteiger partial charge in [-0.05, 0) is 23.8 Å². The van der Waals surface area contributed by atoms with Gasteiger partial charge in [-0.1, -0.05) is 43.1 Å². The third kappa shape index (κ3) is 4.72. The van der Waals surface area contributed by atoms with Gasteiger partial charge < -0.3 is 9.80 Å². The lowest BCUT2D eigenvalue weighted by Crippen LogP contribution is -2.51. The Kier molecular flexibility index (Phi) is 6.08. The lowest BCUT2D eigenvalue weighted by molar-refractivity contribution is -0.139. The van der Waals surface area contributed by atoms with Gasteiger partial charge in [-0.15, -0.1) is 0 Å². The second kappa shape index (κ2) is 7.84. The SMILES string of the molecule is CC(C)C(=O)N1CCN(C(=O)/C=C/c2ccc(Cl)c(Cl)c2)CC1. The van der Waals surface area contributed by atoms with Gasteiger partial charge in [0.1, 0.15) is 0 Å². The number of amides is 2. The molecular formula is C17H20Cl2N2O2. The molecule has 1 aromatic carbocycles. The third-order valence-electron chi connectivity index (χ3n) is 3.76. The van der Waals surface area contributed by atoms with Gasteiger partial charge in [-0.2, -0.15) is 0 Å². The molecule has 0 aromatic heterocycles. The fourth-order valence-electron chi connectivity index (χ4n) is 2.40. The zero-order valence-electron chi connectivity index (χ0n) is 13.3. The largest absolute Gasteiger partial charge is 0.339 e. The minimum atomic E-state index is -0.0623. The van der Waals surface area contributed by atoms with E-state index in [1.807, 2.05) is 18.7 Å². The molecule has 0 N–H and O–H groups in total. The van der Waals surface area contributed by atoms with E-state index in [9.17, 15) is 9.59 Å². The Morgan fingerprint density at radius 2 is 1.65 bits per heavy atom. The lowest BCUT2D eigenvalue weighted by atomic mass is 10.1. The highest BCUT2D eigenvalue weighted by Gasteiger charge is 2.24. The van der Waals surface area contributed by atoms with Crippen LogP contribution in [0.15, 0.2) is 24.3 Å². The number of halogens is 2. The summed E-state index contributed by atoms with van der Waals surface area (Å²) in [6.07, 6.45) is 3.25. The van der Waals surface area contributed by atoms with Crippen LogP contribution in [0, 0.1) is 5.92 Å². The fourth-order valence-corrected chi connectivity index (χ4v) is 2.71. The van der Waals surface area contributed by atoms with Crippen molar-refractivity contribution in [2.75, 3.05) is 26.2 Å². The Morgan fingerprint density at radius 3 is 2.22 bits per heavy atom. The minimum Gasteiger partial charge on any atom is -0.339 e. The standard InChI is InChI=1S/C17H20Cl2N2O2/c1-12(2)17(23)21-9-7-20(8-10-21)16(22)6-4-13-3-5-14(18)15(19)11-13/h3-6,11-12H,7-10H2,1-2H3/b6-4+. The summed E-state index contributed by atoms with van der Waals surface area (Å²) < 4.78 is 0. The number of piperazine rings is 1. The van der Waals surface area contributed by atoms with E-state index in [1.54, 1.807) is 29.2 Å². The average Bonchev–Trinajstić information content (AvgIpc) is 2.55. The van der Waals surface area contributed by atoms with Crippen molar-refractivity contribution in [3.63, 3.8) is 0 Å². The summed E-state index contributed by atoms with van der Waals surface area (Å²) in [5.41, 5.74) is 0.821. The molecule has 2 rings (SSSR count). The van der Waals surface area contributed by atoms with Crippen molar-refractivity contribution in [3.8, 4) is 0 Å². The summed E-state index contributed by atoms with van der Waals surface area (Å²) in [6.45, 7) is 6.07. The number of rotatable bonds is 3. The number of hydrogen-bond donors (Lipinski definition) is 0. The molecule has 23 heavy (non-hydrogen) atoms. The van der Waals surface area contributed by atoms with Crippen molar-refractivity contribution in [3.05, 3.63) is 39.9 Å². The molecule has 0 spiro atoms. The molecule has 1 saturated heterocycles. The predicted molar refractivity (Wildman–Crippen MR) is 93.5 cm³/mol. The Morgan fingerprint density at radius 1 is 1.04 bits per heavy atom. The van der Waals surface area contributed by atoms with Crippen molar-refractivity contribution < 1.29 is 9.59 Å². The van der Waals surface area contributed by atoms with E-state index in [4.69, 9.17) is 23.2 Å². The van der Waals surface area contributed by atoms with Crippen LogP contribution >= 0.6 is 23.2 Å². The van der Waals surface area contributed by atoms with E-state index < -0.39 is 0 Å². The van der Waals surface area contributed by atoms with Crippen molar-refractivity contribution in [1.29, 1.82) is 0 Å². The second-order valence-electron chi connectivity index (χ2n) is 5.81. The molecule has 2 amide bonds. The normalized spacial score (nSPS) is 15.5.